The molecule has 0 bridgehead atoms. The van der Waals surface area contributed by atoms with Crippen LogP contribution in [0.5, 0.6) is 0 Å². The molecule has 0 amide bonds. The van der Waals surface area contributed by atoms with Crippen LogP contribution in [0.1, 0.15) is 25.7 Å². The number of pyridine rings is 1. The van der Waals surface area contributed by atoms with Gasteiger partial charge in [-0.2, -0.15) is 0 Å². The fourth-order valence-corrected chi connectivity index (χ4v) is 2.50. The Morgan fingerprint density at radius 1 is 1.50 bits per heavy atom. The third-order valence-electron chi connectivity index (χ3n) is 3.49. The molecule has 6 heteroatoms. The maximum atomic E-state index is 11.0. The fourth-order valence-electron chi connectivity index (χ4n) is 2.50. The minimum absolute atomic E-state index is 0.0160. The molecule has 0 saturated heterocycles. The number of anilines is 1. The van der Waals surface area contributed by atoms with Gasteiger partial charge in [-0.05, 0) is 18.9 Å². The van der Waals surface area contributed by atoms with Gasteiger partial charge in [0.15, 0.2) is 0 Å². The zero-order valence-electron chi connectivity index (χ0n) is 10.3. The van der Waals surface area contributed by atoms with Crippen molar-refractivity contribution in [3.8, 4) is 0 Å². The van der Waals surface area contributed by atoms with Gasteiger partial charge < -0.3 is 10.0 Å². The minimum atomic E-state index is -0.439. The van der Waals surface area contributed by atoms with Crippen molar-refractivity contribution >= 4 is 11.5 Å². The summed E-state index contributed by atoms with van der Waals surface area (Å²) < 4.78 is 0. The quantitative estimate of drug-likeness (QED) is 0.653. The number of aromatic nitrogens is 1. The van der Waals surface area contributed by atoms with Crippen LogP contribution >= 0.6 is 0 Å². The number of nitrogens with zero attached hydrogens (tertiary/aromatic N) is 3. The van der Waals surface area contributed by atoms with Gasteiger partial charge in [0.25, 0.3) is 0 Å². The molecule has 1 aliphatic rings. The molecule has 0 aromatic carbocycles. The average Bonchev–Trinajstić information content (AvgIpc) is 2.38. The predicted molar refractivity (Wildman–Crippen MR) is 67.6 cm³/mol. The first-order valence-electron chi connectivity index (χ1n) is 6.11. The second-order valence-corrected chi connectivity index (χ2v) is 4.63. The van der Waals surface area contributed by atoms with Crippen LogP contribution in [0.4, 0.5) is 11.5 Å². The van der Waals surface area contributed by atoms with E-state index in [0.29, 0.717) is 5.82 Å². The van der Waals surface area contributed by atoms with Gasteiger partial charge in [-0.25, -0.2) is 4.98 Å². The summed E-state index contributed by atoms with van der Waals surface area (Å²) in [6.07, 6.45) is 4.72. The van der Waals surface area contributed by atoms with Crippen LogP contribution in [-0.2, 0) is 0 Å². The van der Waals surface area contributed by atoms with Crippen molar-refractivity contribution in [1.82, 2.24) is 4.98 Å². The van der Waals surface area contributed by atoms with Crippen molar-refractivity contribution < 1.29 is 10.0 Å². The number of hydrogen-bond acceptors (Lipinski definition) is 5. The number of aliphatic hydroxyl groups is 1. The first-order chi connectivity index (χ1) is 8.61. The summed E-state index contributed by atoms with van der Waals surface area (Å²) in [6.45, 7) is 0. The van der Waals surface area contributed by atoms with E-state index in [9.17, 15) is 15.2 Å². The highest BCUT2D eigenvalue weighted by Crippen LogP contribution is 2.30. The van der Waals surface area contributed by atoms with E-state index in [4.69, 9.17) is 0 Å². The summed E-state index contributed by atoms with van der Waals surface area (Å²) in [6, 6.07) is 2.90. The molecule has 1 fully saturated rings. The summed E-state index contributed by atoms with van der Waals surface area (Å²) in [4.78, 5) is 16.4. The van der Waals surface area contributed by atoms with Crippen molar-refractivity contribution in [2.24, 2.45) is 0 Å². The fraction of sp³-hybridized carbons (Fsp3) is 0.583. The third kappa shape index (κ3) is 2.43. The van der Waals surface area contributed by atoms with Gasteiger partial charge in [0.2, 0.25) is 5.82 Å². The largest absolute Gasteiger partial charge is 0.391 e. The molecule has 18 heavy (non-hydrogen) atoms. The lowest BCUT2D eigenvalue weighted by Gasteiger charge is -2.35. The SMILES string of the molecule is CN(c1ncccc1[N+](=O)[O-])C1CCCCC1O. The Morgan fingerprint density at radius 3 is 2.89 bits per heavy atom. The molecule has 0 spiro atoms. The van der Waals surface area contributed by atoms with Gasteiger partial charge in [0.05, 0.1) is 17.1 Å². The molecule has 1 aromatic heterocycles. The molecule has 2 rings (SSSR count). The second kappa shape index (κ2) is 5.30. The molecule has 2 atom stereocenters. The monoisotopic (exact) mass is 251 g/mol. The topological polar surface area (TPSA) is 79.5 Å². The maximum Gasteiger partial charge on any atom is 0.311 e. The zero-order chi connectivity index (χ0) is 13.1. The van der Waals surface area contributed by atoms with E-state index in [1.54, 1.807) is 18.0 Å². The molecular weight excluding hydrogens is 234 g/mol. The van der Waals surface area contributed by atoms with Crippen LogP contribution < -0.4 is 4.90 Å². The Balaban J connectivity index is 2.27. The average molecular weight is 251 g/mol. The number of hydrogen-bond donors (Lipinski definition) is 1. The molecule has 0 aliphatic heterocycles. The third-order valence-corrected chi connectivity index (χ3v) is 3.49. The molecule has 1 saturated carbocycles. The van der Waals surface area contributed by atoms with E-state index in [2.05, 4.69) is 4.98 Å². The van der Waals surface area contributed by atoms with E-state index in [1.165, 1.54) is 12.3 Å². The van der Waals surface area contributed by atoms with Gasteiger partial charge >= 0.3 is 5.69 Å². The highest BCUT2D eigenvalue weighted by molar-refractivity contribution is 5.57. The molecule has 1 aliphatic carbocycles. The molecular formula is C12H17N3O3. The van der Waals surface area contributed by atoms with Crippen LogP contribution in [-0.4, -0.2) is 34.2 Å². The Kier molecular flexibility index (Phi) is 3.76. The van der Waals surface area contributed by atoms with Crippen LogP contribution in [0.2, 0.25) is 0 Å². The normalized spacial score (nSPS) is 23.7. The van der Waals surface area contributed by atoms with Crippen molar-refractivity contribution in [1.29, 1.82) is 0 Å². The zero-order valence-corrected chi connectivity index (χ0v) is 10.3. The molecule has 1 heterocycles. The Morgan fingerprint density at radius 2 is 2.22 bits per heavy atom. The van der Waals surface area contributed by atoms with Gasteiger partial charge in [0.1, 0.15) is 0 Å². The van der Waals surface area contributed by atoms with Crippen molar-refractivity contribution in [3.05, 3.63) is 28.4 Å². The highest BCUT2D eigenvalue weighted by Gasteiger charge is 2.30. The molecule has 98 valence electrons. The summed E-state index contributed by atoms with van der Waals surface area (Å²) in [7, 11) is 1.76. The first kappa shape index (κ1) is 12.8. The van der Waals surface area contributed by atoms with Crippen LogP contribution in [0.3, 0.4) is 0 Å². The number of aliphatic hydroxyl groups excluding tert-OH is 1. The predicted octanol–water partition coefficient (Wildman–Crippen LogP) is 1.73. The number of nitro groups is 1. The van der Waals surface area contributed by atoms with Crippen molar-refractivity contribution in [2.45, 2.75) is 37.8 Å². The van der Waals surface area contributed by atoms with E-state index < -0.39 is 11.0 Å². The number of likely N-dealkylation sites (N-methyl/N-ethyl adjacent to an activating group) is 1. The van der Waals surface area contributed by atoms with Gasteiger partial charge in [-0.3, -0.25) is 10.1 Å². The minimum Gasteiger partial charge on any atom is -0.391 e. The van der Waals surface area contributed by atoms with E-state index >= 15 is 0 Å². The smallest absolute Gasteiger partial charge is 0.311 e. The van der Waals surface area contributed by atoms with Gasteiger partial charge in [0, 0.05) is 19.3 Å². The highest BCUT2D eigenvalue weighted by atomic mass is 16.6. The van der Waals surface area contributed by atoms with E-state index in [1.807, 2.05) is 0 Å². The standard InChI is InChI=1S/C12H17N3O3/c1-14(9-5-2-3-7-11(9)16)12-10(15(17)18)6-4-8-13-12/h4,6,8-9,11,16H,2-3,5,7H2,1H3. The summed E-state index contributed by atoms with van der Waals surface area (Å²) in [5, 5.41) is 21.0. The lowest BCUT2D eigenvalue weighted by Crippen LogP contribution is -2.44. The second-order valence-electron chi connectivity index (χ2n) is 4.63. The van der Waals surface area contributed by atoms with Gasteiger partial charge in [-0.15, -0.1) is 0 Å². The molecule has 2 unspecified atom stereocenters. The summed E-state index contributed by atoms with van der Waals surface area (Å²) in [5.74, 6) is 0.327. The van der Waals surface area contributed by atoms with Crippen LogP contribution in [0, 0.1) is 10.1 Å². The van der Waals surface area contributed by atoms with Crippen molar-refractivity contribution in [2.75, 3.05) is 11.9 Å². The first-order valence-corrected chi connectivity index (χ1v) is 6.11. The Bertz CT molecular complexity index is 438. The Labute approximate surface area is 105 Å². The molecule has 6 nitrogen and oxygen atoms in total. The van der Waals surface area contributed by atoms with Crippen molar-refractivity contribution in [3.63, 3.8) is 0 Å². The van der Waals surface area contributed by atoms with Crippen LogP contribution in [0.15, 0.2) is 18.3 Å². The lowest BCUT2D eigenvalue weighted by atomic mass is 9.91. The van der Waals surface area contributed by atoms with Gasteiger partial charge in [-0.1, -0.05) is 12.8 Å². The Hall–Kier alpha value is -1.69. The summed E-state index contributed by atoms with van der Waals surface area (Å²) >= 11 is 0. The van der Waals surface area contributed by atoms with Crippen LogP contribution in [0.25, 0.3) is 0 Å². The number of rotatable bonds is 3. The molecule has 0 radical (unpaired) electrons. The van der Waals surface area contributed by atoms with E-state index in [-0.39, 0.29) is 11.7 Å². The molecule has 1 N–H and O–H groups in total. The maximum absolute atomic E-state index is 11.0. The van der Waals surface area contributed by atoms with E-state index in [0.717, 1.165) is 25.7 Å². The lowest BCUT2D eigenvalue weighted by molar-refractivity contribution is -0.384. The summed E-state index contributed by atoms with van der Waals surface area (Å²) in [5.41, 5.74) is -0.0160. The molecule has 1 aromatic rings.